The highest BCUT2D eigenvalue weighted by atomic mass is 16.5. The van der Waals surface area contributed by atoms with Crippen LogP contribution >= 0.6 is 0 Å². The molecule has 10 nitrogen and oxygen atoms in total. The van der Waals surface area contributed by atoms with E-state index in [1.165, 1.54) is 7.11 Å². The minimum Gasteiger partial charge on any atom is -0.515 e. The lowest BCUT2D eigenvalue weighted by molar-refractivity contribution is -0.146. The highest BCUT2D eigenvalue weighted by molar-refractivity contribution is 6.42. The van der Waals surface area contributed by atoms with Crippen molar-refractivity contribution < 1.29 is 29.0 Å². The molecule has 47 heavy (non-hydrogen) atoms. The van der Waals surface area contributed by atoms with Crippen LogP contribution in [0.3, 0.4) is 0 Å². The smallest absolute Gasteiger partial charge is 0.321 e. The third kappa shape index (κ3) is 5.03. The molecule has 8 bridgehead atoms. The van der Waals surface area contributed by atoms with Crippen LogP contribution in [0, 0.1) is 17.8 Å². The van der Waals surface area contributed by atoms with Gasteiger partial charge in [0.15, 0.2) is 5.78 Å². The van der Waals surface area contributed by atoms with E-state index in [-0.39, 0.29) is 36.6 Å². The minimum absolute atomic E-state index is 0.139. The van der Waals surface area contributed by atoms with Gasteiger partial charge in [0.2, 0.25) is 0 Å². The molecule has 0 aromatic heterocycles. The first-order valence-electron chi connectivity index (χ1n) is 15.9. The molecular formula is C37H38N4O6. The minimum atomic E-state index is -1.21. The van der Waals surface area contributed by atoms with Crippen molar-refractivity contribution in [3.05, 3.63) is 105 Å². The van der Waals surface area contributed by atoms with Crippen LogP contribution in [0.4, 0.5) is 0 Å². The molecule has 2 fully saturated rings. The molecule has 1 aliphatic carbocycles. The molecule has 0 unspecified atom stereocenters. The Morgan fingerprint density at radius 3 is 2.49 bits per heavy atom. The summed E-state index contributed by atoms with van der Waals surface area (Å²) in [6.45, 7) is 13.9. The third-order valence-electron chi connectivity index (χ3n) is 9.70. The number of nitrogens with zero attached hydrogens (tertiary/aromatic N) is 3. The van der Waals surface area contributed by atoms with Gasteiger partial charge in [-0.15, -0.1) is 0 Å². The quantitative estimate of drug-likeness (QED) is 0.206. The molecule has 10 heteroatoms. The Balaban J connectivity index is 1.65. The van der Waals surface area contributed by atoms with Gasteiger partial charge in [-0.1, -0.05) is 26.5 Å². The zero-order valence-electron chi connectivity index (χ0n) is 27.5. The largest absolute Gasteiger partial charge is 0.515 e. The molecule has 0 radical (unpaired) electrons. The number of fused-ring (bicyclic) bond motifs is 5. The average molecular weight is 635 g/mol. The molecule has 3 atom stereocenters. The third-order valence-corrected chi connectivity index (χ3v) is 9.70. The number of carbonyl (C=O) groups is 3. The van der Waals surface area contributed by atoms with Crippen LogP contribution in [0.25, 0.3) is 0 Å². The Morgan fingerprint density at radius 2 is 1.83 bits per heavy atom. The molecule has 6 aliphatic rings. The fraction of sp³-hybridized carbons (Fsp3) is 0.351. The predicted molar refractivity (Wildman–Crippen MR) is 179 cm³/mol. The van der Waals surface area contributed by atoms with Crippen LogP contribution < -0.4 is 5.32 Å². The number of aliphatic imine (C=N–C) groups is 3. The van der Waals surface area contributed by atoms with Gasteiger partial charge >= 0.3 is 11.9 Å². The van der Waals surface area contributed by atoms with Gasteiger partial charge in [-0.2, -0.15) is 0 Å². The number of hydrogen-bond acceptors (Lipinski definition) is 10. The Kier molecular flexibility index (Phi) is 8.29. The molecule has 242 valence electrons. The normalized spacial score (nSPS) is 25.5. The number of aliphatic hydroxyl groups excluding tert-OH is 1. The van der Waals surface area contributed by atoms with E-state index in [1.54, 1.807) is 13.0 Å². The summed E-state index contributed by atoms with van der Waals surface area (Å²) in [5, 5.41) is 13.9. The molecule has 1 saturated heterocycles. The van der Waals surface area contributed by atoms with Gasteiger partial charge in [-0.3, -0.25) is 14.4 Å². The van der Waals surface area contributed by atoms with Crippen LogP contribution in [0.2, 0.25) is 0 Å². The number of ether oxygens (including phenoxy) is 2. The number of Topliss-reactive ketones (excluding diaryl/α,β-unsaturated/α-hetero) is 1. The van der Waals surface area contributed by atoms with Gasteiger partial charge < -0.3 is 19.9 Å². The Hall–Kier alpha value is -5.12. The van der Waals surface area contributed by atoms with Crippen molar-refractivity contribution in [2.45, 2.75) is 53.9 Å². The van der Waals surface area contributed by atoms with Crippen molar-refractivity contribution >= 4 is 34.9 Å². The van der Waals surface area contributed by atoms with E-state index in [9.17, 15) is 19.5 Å². The number of methoxy groups -OCH3 is 1. The molecule has 1 saturated carbocycles. The Labute approximate surface area is 273 Å². The van der Waals surface area contributed by atoms with E-state index in [0.717, 1.165) is 28.7 Å². The van der Waals surface area contributed by atoms with Crippen molar-refractivity contribution in [1.82, 2.24) is 5.32 Å². The first-order valence-corrected chi connectivity index (χ1v) is 15.9. The monoisotopic (exact) mass is 634 g/mol. The molecule has 0 amide bonds. The highest BCUT2D eigenvalue weighted by Crippen LogP contribution is 2.47. The number of allylic oxidation sites excluding steroid dienone is 11. The van der Waals surface area contributed by atoms with Crippen molar-refractivity contribution in [1.29, 1.82) is 0 Å². The van der Waals surface area contributed by atoms with E-state index in [1.807, 2.05) is 39.0 Å². The molecule has 0 aromatic rings. The first kappa shape index (κ1) is 31.8. The number of ketones is 1. The zero-order valence-corrected chi connectivity index (χ0v) is 27.5. The van der Waals surface area contributed by atoms with Crippen LogP contribution in [-0.2, 0) is 23.9 Å². The maximum Gasteiger partial charge on any atom is 0.321 e. The standard InChI is InChI=1S/C37H38N4O6/c1-8-20-17(4)24-13-25-18(5)22(11-12-30(43)47-10-3)34(40-25)32-33(37(45)46-7)36(44)31-19(6)26(41-35(31)32)14-28-21(9-2)23(16-42)29(39-28)15-27(20)38-24/h8,13-16,18,22,33,40,42H,1,9-12H2,2-7H3/b23-16-,25-13?,26-14?,27-15?,34-32?/t18-,22-,33+/m0/s1. The van der Waals surface area contributed by atoms with Crippen molar-refractivity contribution in [3.8, 4) is 0 Å². The number of rotatable bonds is 7. The second kappa shape index (κ2) is 12.2. The predicted octanol–water partition coefficient (Wildman–Crippen LogP) is 5.77. The second-order valence-corrected chi connectivity index (χ2v) is 12.1. The second-order valence-electron chi connectivity index (χ2n) is 12.1. The maximum absolute atomic E-state index is 14.1. The lowest BCUT2D eigenvalue weighted by atomic mass is 9.85. The first-order chi connectivity index (χ1) is 22.6. The highest BCUT2D eigenvalue weighted by Gasteiger charge is 2.51. The average Bonchev–Trinajstić information content (AvgIpc) is 3.80. The fourth-order valence-electron chi connectivity index (χ4n) is 7.22. The lowest BCUT2D eigenvalue weighted by Gasteiger charge is -2.19. The fourth-order valence-corrected chi connectivity index (χ4v) is 7.22. The number of hydrogen-bond donors (Lipinski definition) is 2. The van der Waals surface area contributed by atoms with Gasteiger partial charge in [0, 0.05) is 51.9 Å². The SMILES string of the molecule is C=CC1=C(C)C2=NC1=CC1=NC(=C(CC)/C1=C/O)C=C1N=C3C(=C1C)C(=O)[C@H](C(=O)OC)C3=C1NC(=C2)[C@@H](C)[C@@H]1CCC(=O)OCC. The van der Waals surface area contributed by atoms with Crippen molar-refractivity contribution in [2.75, 3.05) is 13.7 Å². The molecule has 5 aliphatic heterocycles. The maximum atomic E-state index is 14.1. The molecule has 0 aromatic carbocycles. The van der Waals surface area contributed by atoms with Crippen molar-refractivity contribution in [3.63, 3.8) is 0 Å². The summed E-state index contributed by atoms with van der Waals surface area (Å²) in [7, 11) is 1.27. The summed E-state index contributed by atoms with van der Waals surface area (Å²) in [5.74, 6) is -2.98. The van der Waals surface area contributed by atoms with Gasteiger partial charge in [0.25, 0.3) is 0 Å². The summed E-state index contributed by atoms with van der Waals surface area (Å²) in [4.78, 5) is 54.8. The Morgan fingerprint density at radius 1 is 1.06 bits per heavy atom. The molecule has 6 rings (SSSR count). The number of aliphatic hydroxyl groups is 1. The van der Waals surface area contributed by atoms with Gasteiger partial charge in [-0.25, -0.2) is 15.0 Å². The topological polar surface area (TPSA) is 139 Å². The van der Waals surface area contributed by atoms with Crippen LogP contribution in [0.5, 0.6) is 0 Å². The van der Waals surface area contributed by atoms with Crippen LogP contribution in [0.1, 0.15) is 53.9 Å². The Bertz CT molecular complexity index is 1900. The molecule has 5 heterocycles. The van der Waals surface area contributed by atoms with E-state index >= 15 is 0 Å². The summed E-state index contributed by atoms with van der Waals surface area (Å²) in [6.07, 6.45) is 9.63. The van der Waals surface area contributed by atoms with Gasteiger partial charge in [0.05, 0.1) is 54.2 Å². The van der Waals surface area contributed by atoms with Gasteiger partial charge in [-0.05, 0) is 68.6 Å². The van der Waals surface area contributed by atoms with E-state index in [0.29, 0.717) is 75.1 Å². The van der Waals surface area contributed by atoms with Crippen LogP contribution in [0.15, 0.2) is 120 Å². The number of carbonyl (C=O) groups excluding carboxylic acids is 3. The molecule has 0 spiro atoms. The summed E-state index contributed by atoms with van der Waals surface area (Å²) in [5.41, 5.74) is 9.59. The summed E-state index contributed by atoms with van der Waals surface area (Å²) in [6, 6.07) is 0. The van der Waals surface area contributed by atoms with E-state index in [2.05, 4.69) is 18.8 Å². The van der Waals surface area contributed by atoms with E-state index < -0.39 is 11.9 Å². The lowest BCUT2D eigenvalue weighted by Crippen LogP contribution is -2.26. The summed E-state index contributed by atoms with van der Waals surface area (Å²) >= 11 is 0. The van der Waals surface area contributed by atoms with Crippen LogP contribution in [-0.4, -0.2) is 53.7 Å². The number of esters is 2. The zero-order chi connectivity index (χ0) is 33.7. The number of nitrogens with one attached hydrogen (secondary N) is 1. The molecular weight excluding hydrogens is 596 g/mol. The van der Waals surface area contributed by atoms with E-state index in [4.69, 9.17) is 24.5 Å². The molecule has 2 N–H and O–H groups in total. The summed E-state index contributed by atoms with van der Waals surface area (Å²) < 4.78 is 10.4. The van der Waals surface area contributed by atoms with Gasteiger partial charge in [0.1, 0.15) is 5.92 Å². The van der Waals surface area contributed by atoms with Crippen molar-refractivity contribution in [2.24, 2.45) is 32.7 Å².